The summed E-state index contributed by atoms with van der Waals surface area (Å²) < 4.78 is 7.70. The van der Waals surface area contributed by atoms with Gasteiger partial charge in [-0.15, -0.1) is 11.8 Å². The van der Waals surface area contributed by atoms with Gasteiger partial charge < -0.3 is 9.84 Å². The lowest BCUT2D eigenvalue weighted by Gasteiger charge is -2.27. The molecule has 0 spiro atoms. The van der Waals surface area contributed by atoms with Gasteiger partial charge in [0.1, 0.15) is 5.75 Å². The van der Waals surface area contributed by atoms with Crippen LogP contribution in [0.3, 0.4) is 0 Å². The Labute approximate surface area is 272 Å². The van der Waals surface area contributed by atoms with Gasteiger partial charge in [0.15, 0.2) is 4.80 Å². The summed E-state index contributed by atoms with van der Waals surface area (Å²) in [6.07, 6.45) is 3.88. The number of thioether (sulfide) groups is 1. The zero-order valence-corrected chi connectivity index (χ0v) is 28.7. The molecule has 45 heavy (non-hydrogen) atoms. The standard InChI is InChI=1S/C37H40N2O4S2/c1-9-43-34(42)29-30(23-13-11-10-12-14-23)38-35-39(31(29)24-15-17-25(44-8)18-16-24)33(41)28(45-35)21-22-19-26(36(2,3)4)32(40)27(20-22)37(5,6)7/h10-21,31,40H,9H2,1-8H3/t31-/m0/s1. The molecular weight excluding hydrogens is 601 g/mol. The number of benzene rings is 3. The second-order valence-corrected chi connectivity index (χ2v) is 15.1. The number of esters is 1. The highest BCUT2D eigenvalue weighted by molar-refractivity contribution is 7.98. The molecule has 2 heterocycles. The van der Waals surface area contributed by atoms with Gasteiger partial charge in [-0.3, -0.25) is 9.36 Å². The summed E-state index contributed by atoms with van der Waals surface area (Å²) in [6, 6.07) is 20.7. The highest BCUT2D eigenvalue weighted by Crippen LogP contribution is 2.40. The summed E-state index contributed by atoms with van der Waals surface area (Å²) >= 11 is 2.92. The molecule has 0 unspecified atom stereocenters. The van der Waals surface area contributed by atoms with E-state index in [-0.39, 0.29) is 28.7 Å². The molecule has 6 nitrogen and oxygen atoms in total. The number of carbonyl (C=O) groups is 1. The number of hydrogen-bond donors (Lipinski definition) is 1. The third-order valence-electron chi connectivity index (χ3n) is 7.85. The van der Waals surface area contributed by atoms with Crippen molar-refractivity contribution in [3.8, 4) is 5.75 Å². The van der Waals surface area contributed by atoms with Crippen LogP contribution in [0.4, 0.5) is 0 Å². The smallest absolute Gasteiger partial charge is 0.338 e. The second kappa shape index (κ2) is 12.5. The largest absolute Gasteiger partial charge is 0.507 e. The molecule has 0 bridgehead atoms. The Kier molecular flexibility index (Phi) is 9.02. The average Bonchev–Trinajstić information content (AvgIpc) is 3.30. The predicted octanol–water partition coefficient (Wildman–Crippen LogP) is 6.96. The Bertz CT molecular complexity index is 1920. The number of nitrogens with zero attached hydrogens (tertiary/aromatic N) is 2. The number of ether oxygens (including phenoxy) is 1. The van der Waals surface area contributed by atoms with Crippen LogP contribution in [-0.2, 0) is 20.4 Å². The van der Waals surface area contributed by atoms with Gasteiger partial charge in [0.25, 0.3) is 5.56 Å². The van der Waals surface area contributed by atoms with E-state index in [2.05, 4.69) is 41.5 Å². The van der Waals surface area contributed by atoms with Gasteiger partial charge in [0.05, 0.1) is 28.5 Å². The molecular formula is C37H40N2O4S2. The maximum atomic E-state index is 14.4. The summed E-state index contributed by atoms with van der Waals surface area (Å²) in [5, 5.41) is 11.3. The summed E-state index contributed by atoms with van der Waals surface area (Å²) in [4.78, 5) is 34.6. The van der Waals surface area contributed by atoms with Crippen LogP contribution < -0.4 is 14.9 Å². The van der Waals surface area contributed by atoms with Crippen molar-refractivity contribution in [1.82, 2.24) is 4.57 Å². The van der Waals surface area contributed by atoms with Gasteiger partial charge in [-0.1, -0.05) is 95.3 Å². The predicted molar refractivity (Wildman–Crippen MR) is 185 cm³/mol. The highest BCUT2D eigenvalue weighted by Gasteiger charge is 2.35. The molecule has 8 heteroatoms. The van der Waals surface area contributed by atoms with Gasteiger partial charge >= 0.3 is 5.97 Å². The fourth-order valence-corrected chi connectivity index (χ4v) is 6.99. The Morgan fingerprint density at radius 1 is 1.00 bits per heavy atom. The fourth-order valence-electron chi connectivity index (χ4n) is 5.58. The van der Waals surface area contributed by atoms with E-state index in [9.17, 15) is 14.7 Å². The number of aromatic nitrogens is 1. The zero-order valence-electron chi connectivity index (χ0n) is 27.1. The third-order valence-corrected chi connectivity index (χ3v) is 9.58. The molecule has 1 N–H and O–H groups in total. The van der Waals surface area contributed by atoms with E-state index >= 15 is 0 Å². The van der Waals surface area contributed by atoms with Crippen molar-refractivity contribution in [2.45, 2.75) is 70.2 Å². The molecule has 0 aliphatic carbocycles. The van der Waals surface area contributed by atoms with Crippen molar-refractivity contribution in [1.29, 1.82) is 0 Å². The van der Waals surface area contributed by atoms with Crippen molar-refractivity contribution in [2.75, 3.05) is 12.9 Å². The number of phenols is 1. The maximum absolute atomic E-state index is 14.4. The Morgan fingerprint density at radius 3 is 2.13 bits per heavy atom. The molecule has 0 amide bonds. The zero-order chi connectivity index (χ0) is 32.7. The van der Waals surface area contributed by atoms with Crippen LogP contribution in [-0.4, -0.2) is 28.5 Å². The van der Waals surface area contributed by atoms with Crippen molar-refractivity contribution >= 4 is 40.8 Å². The summed E-state index contributed by atoms with van der Waals surface area (Å²) in [7, 11) is 0. The van der Waals surface area contributed by atoms with Crippen molar-refractivity contribution in [2.24, 2.45) is 4.99 Å². The van der Waals surface area contributed by atoms with Gasteiger partial charge in [-0.25, -0.2) is 9.79 Å². The molecule has 1 aromatic heterocycles. The number of aromatic hydroxyl groups is 1. The summed E-state index contributed by atoms with van der Waals surface area (Å²) in [5.41, 5.74) is 3.97. The Balaban J connectivity index is 1.83. The fraction of sp³-hybridized carbons (Fsp3) is 0.324. The Morgan fingerprint density at radius 2 is 1.60 bits per heavy atom. The van der Waals surface area contributed by atoms with Gasteiger partial charge in [-0.05, 0) is 65.5 Å². The van der Waals surface area contributed by atoms with Crippen LogP contribution >= 0.6 is 23.1 Å². The first-order valence-corrected chi connectivity index (χ1v) is 17.1. The van der Waals surface area contributed by atoms with Crippen LogP contribution in [0.2, 0.25) is 0 Å². The number of fused-ring (bicyclic) bond motifs is 1. The van der Waals surface area contributed by atoms with Crippen LogP contribution in [0.15, 0.2) is 87.0 Å². The molecule has 1 aliphatic rings. The van der Waals surface area contributed by atoms with E-state index in [0.717, 1.165) is 32.7 Å². The minimum atomic E-state index is -0.733. The van der Waals surface area contributed by atoms with E-state index in [4.69, 9.17) is 9.73 Å². The maximum Gasteiger partial charge on any atom is 0.338 e. The first-order chi connectivity index (χ1) is 21.2. The van der Waals surface area contributed by atoms with E-state index in [1.165, 1.54) is 11.3 Å². The van der Waals surface area contributed by atoms with Crippen molar-refractivity contribution in [3.05, 3.63) is 120 Å². The second-order valence-electron chi connectivity index (χ2n) is 13.2. The molecule has 0 saturated carbocycles. The lowest BCUT2D eigenvalue weighted by atomic mass is 9.78. The van der Waals surface area contributed by atoms with Crippen LogP contribution in [0.1, 0.15) is 82.3 Å². The number of carbonyl (C=O) groups excluding carboxylic acids is 1. The number of phenolic OH excluding ortho intramolecular Hbond substituents is 1. The minimum absolute atomic E-state index is 0.194. The van der Waals surface area contributed by atoms with Gasteiger partial charge in [-0.2, -0.15) is 0 Å². The van der Waals surface area contributed by atoms with Crippen LogP contribution in [0.25, 0.3) is 11.8 Å². The molecule has 4 aromatic rings. The molecule has 5 rings (SSSR count). The normalized spacial score (nSPS) is 15.6. The van der Waals surface area contributed by atoms with Crippen LogP contribution in [0, 0.1) is 0 Å². The van der Waals surface area contributed by atoms with Gasteiger partial charge in [0.2, 0.25) is 0 Å². The summed E-state index contributed by atoms with van der Waals surface area (Å²) in [5.74, 6) is -0.217. The van der Waals surface area contributed by atoms with Crippen molar-refractivity contribution in [3.63, 3.8) is 0 Å². The monoisotopic (exact) mass is 640 g/mol. The summed E-state index contributed by atoms with van der Waals surface area (Å²) in [6.45, 7) is 14.4. The number of hydrogen-bond acceptors (Lipinski definition) is 7. The molecule has 234 valence electrons. The number of thiazole rings is 1. The molecule has 3 aromatic carbocycles. The van der Waals surface area contributed by atoms with E-state index in [0.29, 0.717) is 20.6 Å². The molecule has 0 fully saturated rings. The lowest BCUT2D eigenvalue weighted by Crippen LogP contribution is -2.40. The minimum Gasteiger partial charge on any atom is -0.507 e. The molecule has 0 radical (unpaired) electrons. The third kappa shape index (κ3) is 6.44. The van der Waals surface area contributed by atoms with Crippen molar-refractivity contribution < 1.29 is 14.6 Å². The van der Waals surface area contributed by atoms with E-state index in [1.807, 2.05) is 79.1 Å². The SMILES string of the molecule is CCOC(=O)C1=C(c2ccccc2)N=c2sc(=Cc3cc(C(C)(C)C)c(O)c(C(C)(C)C)c3)c(=O)n2[C@H]1c1ccc(SC)cc1. The van der Waals surface area contributed by atoms with Crippen LogP contribution in [0.5, 0.6) is 5.75 Å². The quantitative estimate of drug-likeness (QED) is 0.182. The topological polar surface area (TPSA) is 80.9 Å². The van der Waals surface area contributed by atoms with E-state index < -0.39 is 12.0 Å². The first kappa shape index (κ1) is 32.5. The number of rotatable bonds is 6. The van der Waals surface area contributed by atoms with Gasteiger partial charge in [0, 0.05) is 21.6 Å². The molecule has 1 aliphatic heterocycles. The lowest BCUT2D eigenvalue weighted by molar-refractivity contribution is -0.138. The first-order valence-electron chi connectivity index (χ1n) is 15.0. The Hall–Kier alpha value is -3.88. The average molecular weight is 641 g/mol. The molecule has 1 atom stereocenters. The van der Waals surface area contributed by atoms with E-state index in [1.54, 1.807) is 23.3 Å². The highest BCUT2D eigenvalue weighted by atomic mass is 32.2. The molecule has 0 saturated heterocycles.